The van der Waals surface area contributed by atoms with Gasteiger partial charge in [-0.1, -0.05) is 18.2 Å². The van der Waals surface area contributed by atoms with E-state index in [9.17, 15) is 14.0 Å². The van der Waals surface area contributed by atoms with Crippen LogP contribution in [0, 0.1) is 5.82 Å². The highest BCUT2D eigenvalue weighted by Crippen LogP contribution is 2.10. The fraction of sp³-hybridized carbons (Fsp3) is 0.0909. The zero-order valence-corrected chi connectivity index (χ0v) is 8.59. The minimum Gasteiger partial charge on any atom is -0.481 e. The first-order valence-corrected chi connectivity index (χ1v) is 4.55. The first-order chi connectivity index (χ1) is 8.00. The third kappa shape index (κ3) is 3.94. The van der Waals surface area contributed by atoms with Gasteiger partial charge in [0.05, 0.1) is 6.08 Å². The van der Waals surface area contributed by atoms with Gasteiger partial charge in [-0.25, -0.2) is 14.0 Å². The Kier molecular flexibility index (Phi) is 4.21. The van der Waals surface area contributed by atoms with Crippen LogP contribution < -0.4 is 0 Å². The summed E-state index contributed by atoms with van der Waals surface area (Å²) in [5.74, 6) is -4.27. The summed E-state index contributed by atoms with van der Waals surface area (Å²) in [6.45, 7) is -0.349. The summed E-state index contributed by atoms with van der Waals surface area (Å²) < 4.78 is 17.9. The SMILES string of the molecule is O=C(O)/C=C(/OCc1ccccc1F)C(=O)O. The molecule has 17 heavy (non-hydrogen) atoms. The van der Waals surface area contributed by atoms with E-state index < -0.39 is 23.5 Å². The monoisotopic (exact) mass is 240 g/mol. The molecule has 0 heterocycles. The molecule has 0 unspecified atom stereocenters. The number of carboxylic acids is 2. The van der Waals surface area contributed by atoms with Crippen LogP contribution in [0.15, 0.2) is 36.1 Å². The Morgan fingerprint density at radius 3 is 2.47 bits per heavy atom. The molecule has 1 aromatic rings. The lowest BCUT2D eigenvalue weighted by Gasteiger charge is -2.06. The summed E-state index contributed by atoms with van der Waals surface area (Å²) >= 11 is 0. The number of rotatable bonds is 5. The average Bonchev–Trinajstić information content (AvgIpc) is 2.25. The topological polar surface area (TPSA) is 83.8 Å². The van der Waals surface area contributed by atoms with Crippen molar-refractivity contribution in [2.45, 2.75) is 6.61 Å². The summed E-state index contributed by atoms with van der Waals surface area (Å²) in [4.78, 5) is 20.9. The molecule has 0 fully saturated rings. The van der Waals surface area contributed by atoms with E-state index in [4.69, 9.17) is 14.9 Å². The van der Waals surface area contributed by atoms with Gasteiger partial charge in [0, 0.05) is 5.56 Å². The van der Waals surface area contributed by atoms with Crippen molar-refractivity contribution in [2.75, 3.05) is 0 Å². The van der Waals surface area contributed by atoms with Gasteiger partial charge in [0.15, 0.2) is 0 Å². The molecule has 0 aliphatic carbocycles. The second-order valence-electron chi connectivity index (χ2n) is 3.03. The summed E-state index contributed by atoms with van der Waals surface area (Å²) in [5, 5.41) is 17.0. The summed E-state index contributed by atoms with van der Waals surface area (Å²) in [5.41, 5.74) is 0.144. The lowest BCUT2D eigenvalue weighted by Crippen LogP contribution is -2.08. The number of carbonyl (C=O) groups is 2. The van der Waals surface area contributed by atoms with Crippen LogP contribution in [0.5, 0.6) is 0 Å². The van der Waals surface area contributed by atoms with Crippen molar-refractivity contribution in [3.63, 3.8) is 0 Å². The van der Waals surface area contributed by atoms with Crippen LogP contribution in [0.4, 0.5) is 4.39 Å². The van der Waals surface area contributed by atoms with E-state index in [0.717, 1.165) is 0 Å². The quantitative estimate of drug-likeness (QED) is 0.600. The van der Waals surface area contributed by atoms with Crippen LogP contribution in [-0.4, -0.2) is 22.2 Å². The molecule has 1 rings (SSSR count). The minimum atomic E-state index is -1.52. The number of ether oxygens (including phenoxy) is 1. The number of halogens is 1. The molecule has 0 atom stereocenters. The van der Waals surface area contributed by atoms with Gasteiger partial charge in [0.2, 0.25) is 5.76 Å². The first-order valence-electron chi connectivity index (χ1n) is 4.55. The lowest BCUT2D eigenvalue weighted by molar-refractivity contribution is -0.138. The van der Waals surface area contributed by atoms with E-state index in [-0.39, 0.29) is 12.2 Å². The number of aliphatic carboxylic acids is 2. The number of carboxylic acid groups (broad SMARTS) is 2. The van der Waals surface area contributed by atoms with E-state index in [2.05, 4.69) is 0 Å². The molecule has 90 valence electrons. The largest absolute Gasteiger partial charge is 0.481 e. The van der Waals surface area contributed by atoms with Gasteiger partial charge in [-0.15, -0.1) is 0 Å². The second kappa shape index (κ2) is 5.64. The van der Waals surface area contributed by atoms with Gasteiger partial charge in [-0.2, -0.15) is 0 Å². The van der Waals surface area contributed by atoms with E-state index in [1.807, 2.05) is 0 Å². The fourth-order valence-electron chi connectivity index (χ4n) is 1.05. The maximum Gasteiger partial charge on any atom is 0.371 e. The summed E-state index contributed by atoms with van der Waals surface area (Å²) in [6, 6.07) is 5.64. The lowest BCUT2D eigenvalue weighted by atomic mass is 10.2. The molecule has 0 saturated heterocycles. The van der Waals surface area contributed by atoms with E-state index >= 15 is 0 Å². The molecule has 0 radical (unpaired) electrons. The molecule has 0 saturated carbocycles. The van der Waals surface area contributed by atoms with E-state index in [1.54, 1.807) is 6.07 Å². The van der Waals surface area contributed by atoms with E-state index in [1.165, 1.54) is 18.2 Å². The van der Waals surface area contributed by atoms with Crippen LogP contribution in [0.3, 0.4) is 0 Å². The highest BCUT2D eigenvalue weighted by atomic mass is 19.1. The van der Waals surface area contributed by atoms with Crippen LogP contribution >= 0.6 is 0 Å². The maximum atomic E-state index is 13.1. The van der Waals surface area contributed by atoms with Gasteiger partial charge >= 0.3 is 11.9 Å². The first kappa shape index (κ1) is 12.7. The molecule has 0 amide bonds. The Labute approximate surface area is 95.8 Å². The average molecular weight is 240 g/mol. The highest BCUT2D eigenvalue weighted by Gasteiger charge is 2.12. The molecular weight excluding hydrogens is 231 g/mol. The Morgan fingerprint density at radius 2 is 1.94 bits per heavy atom. The third-order valence-electron chi connectivity index (χ3n) is 1.81. The van der Waals surface area contributed by atoms with Gasteiger partial charge in [-0.3, -0.25) is 0 Å². The second-order valence-corrected chi connectivity index (χ2v) is 3.03. The fourth-order valence-corrected chi connectivity index (χ4v) is 1.05. The minimum absolute atomic E-state index is 0.144. The standard InChI is InChI=1S/C11H9FO5/c12-8-4-2-1-3-7(8)6-17-9(11(15)16)5-10(13)14/h1-5H,6H2,(H,13,14)(H,15,16)/b9-5+. The van der Waals surface area contributed by atoms with Crippen LogP contribution in [0.25, 0.3) is 0 Å². The molecule has 0 aliphatic rings. The van der Waals surface area contributed by atoms with Crippen LogP contribution in [0.1, 0.15) is 5.56 Å². The molecule has 0 bridgehead atoms. The molecule has 1 aromatic carbocycles. The molecular formula is C11H9FO5. The van der Waals surface area contributed by atoms with Crippen molar-refractivity contribution in [2.24, 2.45) is 0 Å². The Bertz CT molecular complexity index is 467. The highest BCUT2D eigenvalue weighted by molar-refractivity contribution is 5.92. The predicted octanol–water partition coefficient (Wildman–Crippen LogP) is 1.40. The van der Waals surface area contributed by atoms with Gasteiger partial charge < -0.3 is 14.9 Å². The summed E-state index contributed by atoms with van der Waals surface area (Å²) in [7, 11) is 0. The van der Waals surface area contributed by atoms with Crippen molar-refractivity contribution in [1.82, 2.24) is 0 Å². The normalized spacial score (nSPS) is 11.0. The smallest absolute Gasteiger partial charge is 0.371 e. The molecule has 0 aliphatic heterocycles. The Balaban J connectivity index is 2.75. The van der Waals surface area contributed by atoms with Gasteiger partial charge in [0.1, 0.15) is 12.4 Å². The van der Waals surface area contributed by atoms with E-state index in [0.29, 0.717) is 6.08 Å². The molecule has 6 heteroatoms. The van der Waals surface area contributed by atoms with Crippen molar-refractivity contribution in [3.8, 4) is 0 Å². The third-order valence-corrected chi connectivity index (χ3v) is 1.81. The molecule has 2 N–H and O–H groups in total. The van der Waals surface area contributed by atoms with Gasteiger partial charge in [-0.05, 0) is 6.07 Å². The zero-order valence-electron chi connectivity index (χ0n) is 8.59. The Morgan fingerprint density at radius 1 is 1.29 bits per heavy atom. The Hall–Kier alpha value is -2.37. The van der Waals surface area contributed by atoms with Gasteiger partial charge in [0.25, 0.3) is 0 Å². The van der Waals surface area contributed by atoms with Crippen molar-refractivity contribution >= 4 is 11.9 Å². The maximum absolute atomic E-state index is 13.1. The molecule has 0 aromatic heterocycles. The molecule has 0 spiro atoms. The van der Waals surface area contributed by atoms with Crippen molar-refractivity contribution < 1.29 is 28.9 Å². The zero-order chi connectivity index (χ0) is 12.8. The van der Waals surface area contributed by atoms with Crippen molar-refractivity contribution in [1.29, 1.82) is 0 Å². The number of benzene rings is 1. The predicted molar refractivity (Wildman–Crippen MR) is 54.5 cm³/mol. The molecule has 5 nitrogen and oxygen atoms in total. The summed E-state index contributed by atoms with van der Waals surface area (Å²) in [6.07, 6.45) is 0.406. The number of hydrogen-bond donors (Lipinski definition) is 2. The van der Waals surface area contributed by atoms with Crippen molar-refractivity contribution in [3.05, 3.63) is 47.5 Å². The number of hydrogen-bond acceptors (Lipinski definition) is 3. The van der Waals surface area contributed by atoms with Crippen LogP contribution in [0.2, 0.25) is 0 Å². The van der Waals surface area contributed by atoms with Crippen LogP contribution in [-0.2, 0) is 20.9 Å².